The summed E-state index contributed by atoms with van der Waals surface area (Å²) in [5.41, 5.74) is 9.57. The van der Waals surface area contributed by atoms with E-state index in [0.29, 0.717) is 5.69 Å². The minimum Gasteiger partial charge on any atom is -0.326 e. The first-order valence-corrected chi connectivity index (χ1v) is 8.84. The van der Waals surface area contributed by atoms with Gasteiger partial charge < -0.3 is 5.32 Å². The third-order valence-corrected chi connectivity index (χ3v) is 4.32. The maximum atomic E-state index is 12.0. The highest BCUT2D eigenvalue weighted by atomic mass is 16.2. The van der Waals surface area contributed by atoms with Crippen LogP contribution in [0.2, 0.25) is 0 Å². The Balaban J connectivity index is 1.70. The van der Waals surface area contributed by atoms with E-state index in [1.54, 1.807) is 0 Å². The molecule has 0 saturated carbocycles. The Hall–Kier alpha value is -3.15. The lowest BCUT2D eigenvalue weighted by Gasteiger charge is -2.09. The second-order valence-electron chi connectivity index (χ2n) is 6.55. The molecule has 0 aromatic heterocycles. The fourth-order valence-electron chi connectivity index (χ4n) is 2.50. The first-order chi connectivity index (χ1) is 12.8. The zero-order valence-electron chi connectivity index (χ0n) is 15.9. The van der Waals surface area contributed by atoms with Crippen LogP contribution in [-0.4, -0.2) is 17.7 Å². The third kappa shape index (κ3) is 6.58. The number of carbonyl (C=O) groups is 3. The highest BCUT2D eigenvalue weighted by Crippen LogP contribution is 2.14. The van der Waals surface area contributed by atoms with Crippen molar-refractivity contribution in [1.82, 2.24) is 10.9 Å². The van der Waals surface area contributed by atoms with E-state index in [1.165, 1.54) is 0 Å². The summed E-state index contributed by atoms with van der Waals surface area (Å²) in [6.45, 7) is 5.89. The SMILES string of the molecule is Cc1ccc(NC(=O)CCC(=O)NNC(=O)Cc2ccccc2C)cc1C. The minimum atomic E-state index is -0.414. The molecule has 0 spiro atoms. The molecule has 0 unspecified atom stereocenters. The molecular weight excluding hydrogens is 342 g/mol. The molecule has 0 aliphatic carbocycles. The van der Waals surface area contributed by atoms with Gasteiger partial charge in [-0.3, -0.25) is 25.2 Å². The molecule has 3 N–H and O–H groups in total. The van der Waals surface area contributed by atoms with Gasteiger partial charge in [0.25, 0.3) is 0 Å². The van der Waals surface area contributed by atoms with E-state index >= 15 is 0 Å². The Morgan fingerprint density at radius 1 is 0.741 bits per heavy atom. The van der Waals surface area contributed by atoms with Gasteiger partial charge in [-0.2, -0.15) is 0 Å². The molecule has 2 aromatic rings. The fourth-order valence-corrected chi connectivity index (χ4v) is 2.50. The van der Waals surface area contributed by atoms with Crippen molar-refractivity contribution in [2.75, 3.05) is 5.32 Å². The number of amides is 3. The van der Waals surface area contributed by atoms with Gasteiger partial charge in [-0.15, -0.1) is 0 Å². The van der Waals surface area contributed by atoms with Crippen LogP contribution in [-0.2, 0) is 20.8 Å². The number of aryl methyl sites for hydroxylation is 3. The molecule has 0 radical (unpaired) electrons. The second kappa shape index (κ2) is 9.52. The van der Waals surface area contributed by atoms with Crippen LogP contribution in [0.15, 0.2) is 42.5 Å². The number of hydrogen-bond acceptors (Lipinski definition) is 3. The smallest absolute Gasteiger partial charge is 0.242 e. The Morgan fingerprint density at radius 3 is 2.11 bits per heavy atom. The molecule has 0 aliphatic heterocycles. The first kappa shape index (κ1) is 20.2. The number of hydrogen-bond donors (Lipinski definition) is 3. The molecule has 2 rings (SSSR count). The lowest BCUT2D eigenvalue weighted by Crippen LogP contribution is -2.42. The van der Waals surface area contributed by atoms with E-state index in [-0.39, 0.29) is 31.1 Å². The molecule has 6 heteroatoms. The largest absolute Gasteiger partial charge is 0.326 e. The Labute approximate surface area is 159 Å². The van der Waals surface area contributed by atoms with Gasteiger partial charge in [0, 0.05) is 18.5 Å². The topological polar surface area (TPSA) is 87.3 Å². The van der Waals surface area contributed by atoms with Crippen molar-refractivity contribution < 1.29 is 14.4 Å². The van der Waals surface area contributed by atoms with Gasteiger partial charge >= 0.3 is 0 Å². The lowest BCUT2D eigenvalue weighted by molar-refractivity contribution is -0.129. The van der Waals surface area contributed by atoms with E-state index in [0.717, 1.165) is 22.3 Å². The van der Waals surface area contributed by atoms with Gasteiger partial charge in [-0.25, -0.2) is 0 Å². The van der Waals surface area contributed by atoms with Crippen LogP contribution in [0, 0.1) is 20.8 Å². The van der Waals surface area contributed by atoms with Crippen LogP contribution >= 0.6 is 0 Å². The molecule has 3 amide bonds. The number of rotatable bonds is 6. The first-order valence-electron chi connectivity index (χ1n) is 8.84. The van der Waals surface area contributed by atoms with Gasteiger partial charge in [0.1, 0.15) is 0 Å². The molecule has 0 atom stereocenters. The summed E-state index contributed by atoms with van der Waals surface area (Å²) in [7, 11) is 0. The van der Waals surface area contributed by atoms with Crippen LogP contribution in [0.4, 0.5) is 5.69 Å². The predicted molar refractivity (Wildman–Crippen MR) is 105 cm³/mol. The number of nitrogens with one attached hydrogen (secondary N) is 3. The standard InChI is InChI=1S/C21H25N3O3/c1-14-8-9-18(12-16(14)3)22-19(25)10-11-20(26)23-24-21(27)13-17-7-5-4-6-15(17)2/h4-9,12H,10-11,13H2,1-3H3,(H,22,25)(H,23,26)(H,24,27). The second-order valence-corrected chi connectivity index (χ2v) is 6.55. The third-order valence-electron chi connectivity index (χ3n) is 4.32. The summed E-state index contributed by atoms with van der Waals surface area (Å²) in [6, 6.07) is 13.2. The predicted octanol–water partition coefficient (Wildman–Crippen LogP) is 2.72. The normalized spacial score (nSPS) is 10.2. The summed E-state index contributed by atoms with van der Waals surface area (Å²) in [5.74, 6) is -0.972. The lowest BCUT2D eigenvalue weighted by atomic mass is 10.1. The number of benzene rings is 2. The maximum absolute atomic E-state index is 12.0. The van der Waals surface area contributed by atoms with Gasteiger partial charge in [0.15, 0.2) is 0 Å². The van der Waals surface area contributed by atoms with Crippen molar-refractivity contribution in [3.63, 3.8) is 0 Å². The maximum Gasteiger partial charge on any atom is 0.242 e. The van der Waals surface area contributed by atoms with Crippen LogP contribution in [0.3, 0.4) is 0 Å². The summed E-state index contributed by atoms with van der Waals surface area (Å²) in [4.78, 5) is 35.7. The van der Waals surface area contributed by atoms with E-state index in [9.17, 15) is 14.4 Å². The van der Waals surface area contributed by atoms with Crippen molar-refractivity contribution in [2.45, 2.75) is 40.0 Å². The number of carbonyl (C=O) groups excluding carboxylic acids is 3. The van der Waals surface area contributed by atoms with Crippen molar-refractivity contribution >= 4 is 23.4 Å². The molecule has 27 heavy (non-hydrogen) atoms. The molecule has 0 saturated heterocycles. The summed E-state index contributed by atoms with van der Waals surface area (Å²) in [6.07, 6.45) is 0.202. The van der Waals surface area contributed by atoms with Crippen molar-refractivity contribution in [1.29, 1.82) is 0 Å². The van der Waals surface area contributed by atoms with Crippen LogP contribution in [0.25, 0.3) is 0 Å². The zero-order valence-corrected chi connectivity index (χ0v) is 15.9. The highest BCUT2D eigenvalue weighted by molar-refractivity contribution is 5.93. The monoisotopic (exact) mass is 367 g/mol. The molecule has 142 valence electrons. The average molecular weight is 367 g/mol. The molecule has 0 aliphatic rings. The Morgan fingerprint density at radius 2 is 1.41 bits per heavy atom. The van der Waals surface area contributed by atoms with E-state index in [2.05, 4.69) is 16.2 Å². The van der Waals surface area contributed by atoms with E-state index < -0.39 is 5.91 Å². The Kier molecular flexibility index (Phi) is 7.11. The number of hydrazine groups is 1. The van der Waals surface area contributed by atoms with Gasteiger partial charge in [-0.05, 0) is 55.2 Å². The summed E-state index contributed by atoms with van der Waals surface area (Å²) in [5, 5.41) is 2.76. The Bertz CT molecular complexity index is 846. The van der Waals surface area contributed by atoms with Crippen molar-refractivity contribution in [3.05, 3.63) is 64.7 Å². The van der Waals surface area contributed by atoms with Crippen LogP contribution < -0.4 is 16.2 Å². The summed E-state index contributed by atoms with van der Waals surface area (Å²) >= 11 is 0. The van der Waals surface area contributed by atoms with Gasteiger partial charge in [-0.1, -0.05) is 30.3 Å². The van der Waals surface area contributed by atoms with E-state index in [4.69, 9.17) is 0 Å². The van der Waals surface area contributed by atoms with E-state index in [1.807, 2.05) is 63.2 Å². The van der Waals surface area contributed by atoms with Gasteiger partial charge in [0.05, 0.1) is 6.42 Å². The quantitative estimate of drug-likeness (QED) is 0.686. The minimum absolute atomic E-state index is 0.0126. The highest BCUT2D eigenvalue weighted by Gasteiger charge is 2.10. The molecule has 0 heterocycles. The molecule has 0 bridgehead atoms. The van der Waals surface area contributed by atoms with Crippen molar-refractivity contribution in [3.8, 4) is 0 Å². The molecule has 2 aromatic carbocycles. The number of anilines is 1. The molecule has 6 nitrogen and oxygen atoms in total. The van der Waals surface area contributed by atoms with Crippen molar-refractivity contribution in [2.24, 2.45) is 0 Å². The fraction of sp³-hybridized carbons (Fsp3) is 0.286. The average Bonchev–Trinajstić information content (AvgIpc) is 2.63. The molecular formula is C21H25N3O3. The van der Waals surface area contributed by atoms with Gasteiger partial charge in [0.2, 0.25) is 17.7 Å². The summed E-state index contributed by atoms with van der Waals surface area (Å²) < 4.78 is 0. The van der Waals surface area contributed by atoms with Crippen LogP contribution in [0.5, 0.6) is 0 Å². The van der Waals surface area contributed by atoms with Crippen LogP contribution in [0.1, 0.15) is 35.1 Å². The zero-order chi connectivity index (χ0) is 19.8. The molecule has 0 fully saturated rings.